The molecule has 1 fully saturated rings. The second kappa shape index (κ2) is 9.21. The van der Waals surface area contributed by atoms with Crippen LogP contribution in [0.1, 0.15) is 59.1 Å². The van der Waals surface area contributed by atoms with Gasteiger partial charge in [-0.05, 0) is 31.4 Å². The topological polar surface area (TPSA) is 67.2 Å². The zero-order valence-electron chi connectivity index (χ0n) is 18.2. The van der Waals surface area contributed by atoms with Gasteiger partial charge in [-0.15, -0.1) is 0 Å². The predicted molar refractivity (Wildman–Crippen MR) is 120 cm³/mol. The molecule has 1 aliphatic carbocycles. The van der Waals surface area contributed by atoms with Crippen LogP contribution in [0.25, 0.3) is 5.69 Å². The van der Waals surface area contributed by atoms with E-state index in [1.807, 2.05) is 31.2 Å². The Hall–Kier alpha value is -2.34. The van der Waals surface area contributed by atoms with Gasteiger partial charge >= 0.3 is 0 Å². The number of hydrogen-bond donors (Lipinski definition) is 1. The number of hydrogen-bond acceptors (Lipinski definition) is 3. The van der Waals surface area contributed by atoms with Crippen molar-refractivity contribution in [2.75, 3.05) is 18.4 Å². The van der Waals surface area contributed by atoms with Gasteiger partial charge in [-0.3, -0.25) is 9.59 Å². The van der Waals surface area contributed by atoms with Crippen molar-refractivity contribution in [3.63, 3.8) is 0 Å². The lowest BCUT2D eigenvalue weighted by atomic mass is 9.84. The number of aromatic nitrogens is 2. The summed E-state index contributed by atoms with van der Waals surface area (Å²) in [6, 6.07) is 9.26. The van der Waals surface area contributed by atoms with E-state index in [2.05, 4.69) is 26.1 Å². The Morgan fingerprint density at radius 1 is 1.27 bits per heavy atom. The molecule has 7 heteroatoms. The molecule has 1 aromatic heterocycles. The summed E-state index contributed by atoms with van der Waals surface area (Å²) in [4.78, 5) is 27.2. The van der Waals surface area contributed by atoms with Crippen molar-refractivity contribution in [1.82, 2.24) is 14.7 Å². The third-order valence-electron chi connectivity index (χ3n) is 5.42. The Morgan fingerprint density at radius 2 is 1.97 bits per heavy atom. The summed E-state index contributed by atoms with van der Waals surface area (Å²) in [7, 11) is 0. The molecule has 1 aromatic carbocycles. The van der Waals surface area contributed by atoms with Crippen LogP contribution in [0.2, 0.25) is 5.02 Å². The van der Waals surface area contributed by atoms with Crippen LogP contribution >= 0.6 is 11.6 Å². The molecule has 162 valence electrons. The summed E-state index contributed by atoms with van der Waals surface area (Å²) >= 11 is 6.39. The molecule has 0 bridgehead atoms. The predicted octanol–water partition coefficient (Wildman–Crippen LogP) is 4.80. The highest BCUT2D eigenvalue weighted by molar-refractivity contribution is 6.32. The summed E-state index contributed by atoms with van der Waals surface area (Å²) < 4.78 is 1.67. The van der Waals surface area contributed by atoms with E-state index in [-0.39, 0.29) is 29.7 Å². The summed E-state index contributed by atoms with van der Waals surface area (Å²) in [5.41, 5.74) is 1.34. The normalized spacial score (nSPS) is 14.3. The molecular weight excluding hydrogens is 400 g/mol. The number of nitrogens with one attached hydrogen (secondary N) is 1. The molecule has 0 saturated heterocycles. The van der Waals surface area contributed by atoms with Crippen molar-refractivity contribution < 1.29 is 9.59 Å². The molecule has 2 aromatic rings. The Morgan fingerprint density at radius 3 is 2.53 bits per heavy atom. The maximum Gasteiger partial charge on any atom is 0.245 e. The minimum absolute atomic E-state index is 0.0434. The molecule has 0 unspecified atom stereocenters. The number of halogens is 1. The minimum Gasteiger partial charge on any atom is -0.333 e. The first kappa shape index (κ1) is 22.3. The molecule has 1 N–H and O–H groups in total. The second-order valence-electron chi connectivity index (χ2n) is 8.96. The van der Waals surface area contributed by atoms with Gasteiger partial charge in [0.1, 0.15) is 5.82 Å². The van der Waals surface area contributed by atoms with Crippen LogP contribution in [-0.4, -0.2) is 39.6 Å². The lowest BCUT2D eigenvalue weighted by molar-refractivity contribution is -0.140. The summed E-state index contributed by atoms with van der Waals surface area (Å²) in [5.74, 6) is 0.481. The Labute approximate surface area is 183 Å². The van der Waals surface area contributed by atoms with Gasteiger partial charge in [0, 0.05) is 23.9 Å². The van der Waals surface area contributed by atoms with Gasteiger partial charge in [0.2, 0.25) is 11.8 Å². The van der Waals surface area contributed by atoms with Crippen molar-refractivity contribution in [2.24, 2.45) is 5.92 Å². The summed E-state index contributed by atoms with van der Waals surface area (Å²) in [6.45, 7) is 8.84. The highest BCUT2D eigenvalue weighted by atomic mass is 35.5. The van der Waals surface area contributed by atoms with Crippen molar-refractivity contribution in [3.05, 3.63) is 41.0 Å². The summed E-state index contributed by atoms with van der Waals surface area (Å²) in [6.07, 6.45) is 3.76. The first-order valence-corrected chi connectivity index (χ1v) is 11.0. The number of para-hydroxylation sites is 1. The monoisotopic (exact) mass is 430 g/mol. The Bertz CT molecular complexity index is 912. The van der Waals surface area contributed by atoms with E-state index in [0.717, 1.165) is 31.4 Å². The lowest BCUT2D eigenvalue weighted by Crippen LogP contribution is -2.43. The average molecular weight is 431 g/mol. The lowest BCUT2D eigenvalue weighted by Gasteiger charge is -2.31. The maximum absolute atomic E-state index is 12.9. The van der Waals surface area contributed by atoms with E-state index < -0.39 is 0 Å². The molecule has 1 saturated carbocycles. The van der Waals surface area contributed by atoms with Crippen molar-refractivity contribution in [3.8, 4) is 5.69 Å². The van der Waals surface area contributed by atoms with Gasteiger partial charge in [0.05, 0.1) is 22.9 Å². The van der Waals surface area contributed by atoms with Gasteiger partial charge in [-0.2, -0.15) is 5.10 Å². The molecular formula is C23H31ClN4O2. The smallest absolute Gasteiger partial charge is 0.245 e. The second-order valence-corrected chi connectivity index (χ2v) is 9.37. The van der Waals surface area contributed by atoms with Crippen LogP contribution in [0, 0.1) is 5.92 Å². The number of carbonyl (C=O) groups excluding carboxylic acids is 2. The zero-order chi connectivity index (χ0) is 21.9. The van der Waals surface area contributed by atoms with E-state index in [0.29, 0.717) is 23.1 Å². The largest absolute Gasteiger partial charge is 0.333 e. The quantitative estimate of drug-likeness (QED) is 0.685. The van der Waals surface area contributed by atoms with Crippen molar-refractivity contribution in [1.29, 1.82) is 0 Å². The van der Waals surface area contributed by atoms with Crippen LogP contribution in [0.4, 0.5) is 5.82 Å². The highest BCUT2D eigenvalue weighted by Gasteiger charge is 2.30. The van der Waals surface area contributed by atoms with E-state index in [4.69, 9.17) is 16.7 Å². The number of nitrogens with zero attached hydrogens (tertiary/aromatic N) is 3. The molecule has 0 spiro atoms. The van der Waals surface area contributed by atoms with Crippen LogP contribution in [0.5, 0.6) is 0 Å². The zero-order valence-corrected chi connectivity index (χ0v) is 19.0. The number of anilines is 1. The van der Waals surface area contributed by atoms with Crippen LogP contribution in [-0.2, 0) is 15.0 Å². The van der Waals surface area contributed by atoms with Crippen molar-refractivity contribution in [2.45, 2.75) is 58.8 Å². The Balaban J connectivity index is 1.83. The molecule has 30 heavy (non-hydrogen) atoms. The fourth-order valence-corrected chi connectivity index (χ4v) is 3.67. The van der Waals surface area contributed by atoms with E-state index in [9.17, 15) is 9.59 Å². The molecule has 2 amide bonds. The summed E-state index contributed by atoms with van der Waals surface area (Å²) in [5, 5.41) is 8.21. The molecule has 6 nitrogen and oxygen atoms in total. The van der Waals surface area contributed by atoms with E-state index >= 15 is 0 Å². The Kier molecular flexibility index (Phi) is 6.86. The molecule has 0 radical (unpaired) electrons. The molecule has 1 aliphatic rings. The van der Waals surface area contributed by atoms with Gasteiger partial charge in [0.15, 0.2) is 0 Å². The molecule has 1 heterocycles. The van der Waals surface area contributed by atoms with Gasteiger partial charge in [-0.25, -0.2) is 4.68 Å². The van der Waals surface area contributed by atoms with Gasteiger partial charge < -0.3 is 10.2 Å². The van der Waals surface area contributed by atoms with Gasteiger partial charge in [-0.1, -0.05) is 57.8 Å². The molecule has 3 rings (SSSR count). The number of benzene rings is 1. The SMILES string of the molecule is CCCN(CC(=O)Nc1cc(C(C)(C)C)nn1-c1ccccc1Cl)C(=O)C1CCC1. The van der Waals surface area contributed by atoms with Crippen LogP contribution in [0.3, 0.4) is 0 Å². The fraction of sp³-hybridized carbons (Fsp3) is 0.522. The maximum atomic E-state index is 12.9. The number of carbonyl (C=O) groups is 2. The highest BCUT2D eigenvalue weighted by Crippen LogP contribution is 2.30. The number of rotatable bonds is 7. The standard InChI is InChI=1S/C23H31ClN4O2/c1-5-13-27(22(30)16-9-8-10-16)15-21(29)25-20-14-19(23(2,3)4)26-28(20)18-12-7-6-11-17(18)24/h6-7,11-12,14,16H,5,8-10,13,15H2,1-4H3,(H,25,29). The molecule has 0 atom stereocenters. The number of amides is 2. The van der Waals surface area contributed by atoms with E-state index in [1.165, 1.54) is 0 Å². The minimum atomic E-state index is -0.232. The van der Waals surface area contributed by atoms with E-state index in [1.54, 1.807) is 15.6 Å². The fourth-order valence-electron chi connectivity index (χ4n) is 3.45. The van der Waals surface area contributed by atoms with Gasteiger partial charge in [0.25, 0.3) is 0 Å². The van der Waals surface area contributed by atoms with Crippen LogP contribution in [0.15, 0.2) is 30.3 Å². The first-order chi connectivity index (χ1) is 14.2. The first-order valence-electron chi connectivity index (χ1n) is 10.6. The third kappa shape index (κ3) is 5.04. The van der Waals surface area contributed by atoms with Crippen molar-refractivity contribution >= 4 is 29.2 Å². The third-order valence-corrected chi connectivity index (χ3v) is 5.74. The molecule has 0 aliphatic heterocycles. The average Bonchev–Trinajstić information content (AvgIpc) is 3.04. The van der Waals surface area contributed by atoms with Crippen LogP contribution < -0.4 is 5.32 Å².